The van der Waals surface area contributed by atoms with E-state index in [0.717, 1.165) is 10.4 Å². The summed E-state index contributed by atoms with van der Waals surface area (Å²) < 4.78 is 1.36. The number of nitrogens with zero attached hydrogens (tertiary/aromatic N) is 4. The highest BCUT2D eigenvalue weighted by Gasteiger charge is 2.25. The molecule has 168 valence electrons. The van der Waals surface area contributed by atoms with Gasteiger partial charge in [0.25, 0.3) is 11.5 Å². The van der Waals surface area contributed by atoms with Crippen LogP contribution in [-0.4, -0.2) is 50.4 Å². The average Bonchev–Trinajstić information content (AvgIpc) is 3.52. The summed E-state index contributed by atoms with van der Waals surface area (Å²) in [6.45, 7) is 1.05. The van der Waals surface area contributed by atoms with Crippen molar-refractivity contribution in [3.63, 3.8) is 0 Å². The van der Waals surface area contributed by atoms with Gasteiger partial charge in [0, 0.05) is 52.9 Å². The van der Waals surface area contributed by atoms with Crippen LogP contribution in [0.2, 0.25) is 0 Å². The number of fused-ring (bicyclic) bond motifs is 1. The first-order valence-corrected chi connectivity index (χ1v) is 12.4. The van der Waals surface area contributed by atoms with Crippen molar-refractivity contribution in [3.8, 4) is 10.4 Å². The summed E-state index contributed by atoms with van der Waals surface area (Å²) in [4.78, 5) is 50.1. The van der Waals surface area contributed by atoms with Gasteiger partial charge in [0.1, 0.15) is 11.4 Å². The lowest BCUT2D eigenvalue weighted by molar-refractivity contribution is -0.122. The first kappa shape index (κ1) is 21.5. The lowest BCUT2D eigenvalue weighted by atomic mass is 10.0. The van der Waals surface area contributed by atoms with Crippen LogP contribution in [0.25, 0.3) is 20.7 Å². The van der Waals surface area contributed by atoms with Gasteiger partial charge in [0.2, 0.25) is 5.91 Å². The van der Waals surface area contributed by atoms with E-state index in [2.05, 4.69) is 15.3 Å². The number of carbonyl (C=O) groups excluding carboxylic acids is 2. The Bertz CT molecular complexity index is 1340. The van der Waals surface area contributed by atoms with E-state index in [1.165, 1.54) is 22.2 Å². The van der Waals surface area contributed by atoms with Crippen molar-refractivity contribution in [2.24, 2.45) is 0 Å². The molecule has 33 heavy (non-hydrogen) atoms. The standard InChI is InChI=1S/C23H21N5O3S2/c29-19(26-16-5-9-27(10-6-16)22(30)15-3-7-24-8-4-15)12-28-14-25-21-20(23(28)31)17(13-33-21)18-2-1-11-32-18/h1-4,7-8,11,13-14,16H,5-6,9-10,12H2,(H,26,29). The number of pyridine rings is 1. The first-order valence-electron chi connectivity index (χ1n) is 10.6. The summed E-state index contributed by atoms with van der Waals surface area (Å²) >= 11 is 3.00. The lowest BCUT2D eigenvalue weighted by Gasteiger charge is -2.32. The van der Waals surface area contributed by atoms with E-state index in [0.29, 0.717) is 41.7 Å². The number of aromatic nitrogens is 3. The lowest BCUT2D eigenvalue weighted by Crippen LogP contribution is -2.47. The van der Waals surface area contributed by atoms with Gasteiger partial charge in [-0.25, -0.2) is 4.98 Å². The molecule has 2 amide bonds. The number of hydrogen-bond donors (Lipinski definition) is 1. The molecule has 0 radical (unpaired) electrons. The minimum Gasteiger partial charge on any atom is -0.352 e. The van der Waals surface area contributed by atoms with Crippen molar-refractivity contribution in [1.82, 2.24) is 24.8 Å². The van der Waals surface area contributed by atoms with E-state index in [1.807, 2.05) is 22.9 Å². The molecule has 5 heterocycles. The van der Waals surface area contributed by atoms with Crippen molar-refractivity contribution in [2.75, 3.05) is 13.1 Å². The summed E-state index contributed by atoms with van der Waals surface area (Å²) in [6.07, 6.45) is 5.99. The number of rotatable bonds is 5. The number of amides is 2. The molecule has 0 saturated carbocycles. The second-order valence-electron chi connectivity index (χ2n) is 7.85. The van der Waals surface area contributed by atoms with Gasteiger partial charge < -0.3 is 10.2 Å². The van der Waals surface area contributed by atoms with Crippen LogP contribution in [0.15, 0.2) is 58.5 Å². The van der Waals surface area contributed by atoms with Crippen molar-refractivity contribution >= 4 is 44.7 Å². The molecular formula is C23H21N5O3S2. The van der Waals surface area contributed by atoms with E-state index in [-0.39, 0.29) is 30.0 Å². The molecule has 1 aliphatic rings. The SMILES string of the molecule is O=C(Cn1cnc2scc(-c3cccs3)c2c1=O)NC1CCN(C(=O)c2ccncc2)CC1. The highest BCUT2D eigenvalue weighted by Crippen LogP contribution is 2.33. The van der Waals surface area contributed by atoms with Gasteiger partial charge in [0.05, 0.1) is 11.7 Å². The van der Waals surface area contributed by atoms with Crippen molar-refractivity contribution in [1.29, 1.82) is 0 Å². The molecule has 0 atom stereocenters. The molecule has 4 aromatic rings. The molecule has 1 fully saturated rings. The maximum absolute atomic E-state index is 13.1. The highest BCUT2D eigenvalue weighted by atomic mass is 32.1. The zero-order valence-corrected chi connectivity index (χ0v) is 19.3. The number of carbonyl (C=O) groups is 2. The molecule has 8 nitrogen and oxygen atoms in total. The molecule has 1 aliphatic heterocycles. The van der Waals surface area contributed by atoms with Crippen LogP contribution in [0.1, 0.15) is 23.2 Å². The zero-order chi connectivity index (χ0) is 22.8. The molecule has 0 bridgehead atoms. The summed E-state index contributed by atoms with van der Waals surface area (Å²) in [6, 6.07) is 7.30. The van der Waals surface area contributed by atoms with Crippen molar-refractivity contribution in [3.05, 3.63) is 69.7 Å². The van der Waals surface area contributed by atoms with E-state index in [9.17, 15) is 14.4 Å². The number of nitrogens with one attached hydrogen (secondary N) is 1. The highest BCUT2D eigenvalue weighted by molar-refractivity contribution is 7.18. The van der Waals surface area contributed by atoms with Crippen LogP contribution >= 0.6 is 22.7 Å². The molecule has 10 heteroatoms. The monoisotopic (exact) mass is 479 g/mol. The smallest absolute Gasteiger partial charge is 0.263 e. The second-order valence-corrected chi connectivity index (χ2v) is 9.66. The largest absolute Gasteiger partial charge is 0.352 e. The van der Waals surface area contributed by atoms with Crippen LogP contribution in [-0.2, 0) is 11.3 Å². The van der Waals surface area contributed by atoms with Gasteiger partial charge in [-0.2, -0.15) is 0 Å². The maximum Gasteiger partial charge on any atom is 0.263 e. The van der Waals surface area contributed by atoms with Crippen LogP contribution in [0.5, 0.6) is 0 Å². The third kappa shape index (κ3) is 4.44. The average molecular weight is 480 g/mol. The van der Waals surface area contributed by atoms with Gasteiger partial charge in [-0.3, -0.25) is 23.9 Å². The molecular weight excluding hydrogens is 458 g/mol. The predicted molar refractivity (Wildman–Crippen MR) is 128 cm³/mol. The normalized spacial score (nSPS) is 14.5. The summed E-state index contributed by atoms with van der Waals surface area (Å²) in [7, 11) is 0. The Kier molecular flexibility index (Phi) is 6.01. The van der Waals surface area contributed by atoms with E-state index < -0.39 is 0 Å². The molecule has 4 aromatic heterocycles. The fourth-order valence-electron chi connectivity index (χ4n) is 4.03. The Balaban J connectivity index is 1.22. The van der Waals surface area contributed by atoms with E-state index in [1.54, 1.807) is 40.8 Å². The number of likely N-dealkylation sites (tertiary alicyclic amines) is 1. The van der Waals surface area contributed by atoms with E-state index in [4.69, 9.17) is 0 Å². The molecule has 0 aromatic carbocycles. The van der Waals surface area contributed by atoms with Crippen molar-refractivity contribution < 1.29 is 9.59 Å². The predicted octanol–water partition coefficient (Wildman–Crippen LogP) is 3.00. The Morgan fingerprint density at radius 3 is 2.64 bits per heavy atom. The van der Waals surface area contributed by atoms with Gasteiger partial charge in [-0.1, -0.05) is 6.07 Å². The quantitative estimate of drug-likeness (QED) is 0.475. The van der Waals surface area contributed by atoms with Crippen LogP contribution in [0, 0.1) is 0 Å². The number of thiophene rings is 2. The fraction of sp³-hybridized carbons (Fsp3) is 0.261. The summed E-state index contributed by atoms with van der Waals surface area (Å²) in [5.74, 6) is -0.254. The molecule has 5 rings (SSSR count). The minimum absolute atomic E-state index is 0.0228. The molecule has 0 spiro atoms. The third-order valence-electron chi connectivity index (χ3n) is 5.74. The Hall–Kier alpha value is -3.37. The third-order valence-corrected chi connectivity index (χ3v) is 7.53. The first-order chi connectivity index (χ1) is 16.1. The molecule has 0 aliphatic carbocycles. The van der Waals surface area contributed by atoms with Crippen molar-refractivity contribution in [2.45, 2.75) is 25.4 Å². The van der Waals surface area contributed by atoms with E-state index >= 15 is 0 Å². The fourth-order valence-corrected chi connectivity index (χ4v) is 5.75. The van der Waals surface area contributed by atoms with Crippen LogP contribution < -0.4 is 10.9 Å². The Labute approximate surface area is 197 Å². The van der Waals surface area contributed by atoms with Crippen LogP contribution in [0.3, 0.4) is 0 Å². The second kappa shape index (κ2) is 9.24. The Morgan fingerprint density at radius 1 is 1.12 bits per heavy atom. The molecule has 1 saturated heterocycles. The van der Waals surface area contributed by atoms with Gasteiger partial charge in [-0.15, -0.1) is 22.7 Å². The minimum atomic E-state index is -0.231. The Morgan fingerprint density at radius 2 is 1.91 bits per heavy atom. The maximum atomic E-state index is 13.1. The topological polar surface area (TPSA) is 97.2 Å². The van der Waals surface area contributed by atoms with Crippen LogP contribution in [0.4, 0.5) is 0 Å². The molecule has 0 unspecified atom stereocenters. The van der Waals surface area contributed by atoms with Gasteiger partial charge in [-0.05, 0) is 36.4 Å². The summed E-state index contributed by atoms with van der Waals surface area (Å²) in [5.41, 5.74) is 1.27. The number of hydrogen-bond acceptors (Lipinski definition) is 7. The molecule has 1 N–H and O–H groups in total. The summed E-state index contributed by atoms with van der Waals surface area (Å²) in [5, 5.41) is 7.47. The van der Waals surface area contributed by atoms with Gasteiger partial charge in [0.15, 0.2) is 0 Å². The zero-order valence-electron chi connectivity index (χ0n) is 17.6. The number of piperidine rings is 1. The van der Waals surface area contributed by atoms with Gasteiger partial charge >= 0.3 is 0 Å².